The molecule has 0 saturated heterocycles. The Labute approximate surface area is 239 Å². The summed E-state index contributed by atoms with van der Waals surface area (Å²) in [5.41, 5.74) is 1.23. The second-order valence-electron chi connectivity index (χ2n) is 10.2. The largest absolute Gasteiger partial charge is 0.485 e. The van der Waals surface area contributed by atoms with Crippen LogP contribution < -0.4 is 14.8 Å². The van der Waals surface area contributed by atoms with Gasteiger partial charge in [-0.05, 0) is 45.0 Å². The van der Waals surface area contributed by atoms with Crippen molar-refractivity contribution in [2.24, 2.45) is 5.92 Å². The molecule has 3 amide bonds. The summed E-state index contributed by atoms with van der Waals surface area (Å²) in [7, 11) is -2.41. The van der Waals surface area contributed by atoms with Crippen molar-refractivity contribution in [3.8, 4) is 5.75 Å². The zero-order valence-corrected chi connectivity index (χ0v) is 24.4. The standard InChI is InChI=1S/C28H35N5O7S/c1-17-14-33(18(2)16-34)27(35)22-12-9-13-23(31-41(37,38)21-10-7-6-8-11-21)26(22)39-24(17)15-32(5)28(36)29-25-19(3)30-40-20(25)4/h6-13,17-18,24,31,34H,14-16H2,1-5H3,(H,29,36)/t17-,18+,24+/m0/s1. The van der Waals surface area contributed by atoms with Gasteiger partial charge in [-0.15, -0.1) is 0 Å². The van der Waals surface area contributed by atoms with Gasteiger partial charge in [0.05, 0.1) is 35.3 Å². The maximum Gasteiger partial charge on any atom is 0.321 e. The third-order valence-corrected chi connectivity index (χ3v) is 8.44. The predicted octanol–water partition coefficient (Wildman–Crippen LogP) is 3.48. The van der Waals surface area contributed by atoms with Gasteiger partial charge in [-0.1, -0.05) is 36.3 Å². The molecule has 0 unspecified atom stereocenters. The van der Waals surface area contributed by atoms with Crippen molar-refractivity contribution in [2.75, 3.05) is 36.8 Å². The van der Waals surface area contributed by atoms with E-state index in [1.807, 2.05) is 6.92 Å². The SMILES string of the molecule is Cc1noc(C)c1NC(=O)N(C)C[C@H]1Oc2c(NS(=O)(=O)c3ccccc3)cccc2C(=O)N([C@H](C)CO)C[C@@H]1C. The number of aryl methyl sites for hydroxylation is 2. The molecule has 0 bridgehead atoms. The summed E-state index contributed by atoms with van der Waals surface area (Å²) in [5, 5.41) is 16.6. The molecule has 2 aromatic carbocycles. The number of rotatable bonds is 8. The molecule has 0 saturated carbocycles. The number of para-hydroxylation sites is 1. The first-order valence-electron chi connectivity index (χ1n) is 13.2. The van der Waals surface area contributed by atoms with Crippen LogP contribution in [0.4, 0.5) is 16.2 Å². The van der Waals surface area contributed by atoms with Gasteiger partial charge < -0.3 is 29.5 Å². The Morgan fingerprint density at radius 2 is 1.90 bits per heavy atom. The third kappa shape index (κ3) is 6.46. The lowest BCUT2D eigenvalue weighted by atomic mass is 9.99. The fraction of sp³-hybridized carbons (Fsp3) is 0.393. The van der Waals surface area contributed by atoms with E-state index in [0.717, 1.165) is 0 Å². The molecular weight excluding hydrogens is 550 g/mol. The topological polar surface area (TPSA) is 154 Å². The minimum atomic E-state index is -4.01. The number of amides is 3. The highest BCUT2D eigenvalue weighted by molar-refractivity contribution is 7.92. The van der Waals surface area contributed by atoms with E-state index in [4.69, 9.17) is 9.26 Å². The molecule has 0 radical (unpaired) electrons. The molecule has 3 atom stereocenters. The number of fused-ring (bicyclic) bond motifs is 1. The molecule has 1 aliphatic rings. The molecule has 0 aliphatic carbocycles. The van der Waals surface area contributed by atoms with Crippen molar-refractivity contribution in [2.45, 2.75) is 44.7 Å². The van der Waals surface area contributed by atoms with Crippen molar-refractivity contribution in [3.05, 3.63) is 65.5 Å². The number of aromatic nitrogens is 1. The molecule has 3 N–H and O–H groups in total. The first-order valence-corrected chi connectivity index (χ1v) is 14.7. The number of likely N-dealkylation sites (N-methyl/N-ethyl adjacent to an activating group) is 1. The lowest BCUT2D eigenvalue weighted by Gasteiger charge is -2.38. The molecule has 220 valence electrons. The molecule has 13 heteroatoms. The number of benzene rings is 2. The van der Waals surface area contributed by atoms with Crippen LogP contribution in [0.3, 0.4) is 0 Å². The summed E-state index contributed by atoms with van der Waals surface area (Å²) >= 11 is 0. The van der Waals surface area contributed by atoms with E-state index in [0.29, 0.717) is 17.1 Å². The Morgan fingerprint density at radius 1 is 1.20 bits per heavy atom. The Balaban J connectivity index is 1.69. The van der Waals surface area contributed by atoms with E-state index >= 15 is 0 Å². The van der Waals surface area contributed by atoms with Crippen molar-refractivity contribution in [1.29, 1.82) is 0 Å². The highest BCUT2D eigenvalue weighted by atomic mass is 32.2. The van der Waals surface area contributed by atoms with E-state index < -0.39 is 34.1 Å². The van der Waals surface area contributed by atoms with E-state index in [1.54, 1.807) is 63.1 Å². The first kappa shape index (κ1) is 29.9. The summed E-state index contributed by atoms with van der Waals surface area (Å²) in [6.07, 6.45) is -0.655. The van der Waals surface area contributed by atoms with E-state index in [1.165, 1.54) is 23.1 Å². The van der Waals surface area contributed by atoms with Gasteiger partial charge in [0.25, 0.3) is 15.9 Å². The van der Waals surface area contributed by atoms with Crippen LogP contribution in [0.15, 0.2) is 57.9 Å². The Kier molecular flexibility index (Phi) is 8.88. The zero-order valence-electron chi connectivity index (χ0n) is 23.6. The summed E-state index contributed by atoms with van der Waals surface area (Å²) in [6.45, 7) is 7.09. The van der Waals surface area contributed by atoms with Crippen LogP contribution in [0.25, 0.3) is 0 Å². The number of nitrogens with zero attached hydrogens (tertiary/aromatic N) is 3. The molecule has 4 rings (SSSR count). The predicted molar refractivity (Wildman–Crippen MR) is 152 cm³/mol. The number of ether oxygens (including phenoxy) is 1. The maximum absolute atomic E-state index is 13.7. The number of hydrogen-bond donors (Lipinski definition) is 3. The normalized spacial score (nSPS) is 18.0. The smallest absolute Gasteiger partial charge is 0.321 e. The molecule has 12 nitrogen and oxygen atoms in total. The third-order valence-electron chi connectivity index (χ3n) is 7.05. The van der Waals surface area contributed by atoms with Gasteiger partial charge in [-0.25, -0.2) is 13.2 Å². The second kappa shape index (κ2) is 12.2. The molecule has 1 aliphatic heterocycles. The van der Waals surface area contributed by atoms with Crippen LogP contribution in [0.2, 0.25) is 0 Å². The monoisotopic (exact) mass is 585 g/mol. The van der Waals surface area contributed by atoms with Gasteiger partial charge in [0.1, 0.15) is 17.5 Å². The van der Waals surface area contributed by atoms with Crippen LogP contribution >= 0.6 is 0 Å². The van der Waals surface area contributed by atoms with Crippen LogP contribution in [-0.4, -0.2) is 79.3 Å². The minimum Gasteiger partial charge on any atom is -0.485 e. The number of aliphatic hydroxyl groups excluding tert-OH is 1. The van der Waals surface area contributed by atoms with Gasteiger partial charge in [-0.2, -0.15) is 0 Å². The van der Waals surface area contributed by atoms with Crippen molar-refractivity contribution in [1.82, 2.24) is 15.0 Å². The minimum absolute atomic E-state index is 0.0447. The summed E-state index contributed by atoms with van der Waals surface area (Å²) in [4.78, 5) is 29.8. The Hall–Kier alpha value is -4.10. The Morgan fingerprint density at radius 3 is 2.54 bits per heavy atom. The van der Waals surface area contributed by atoms with Crippen LogP contribution in [0.5, 0.6) is 5.75 Å². The van der Waals surface area contributed by atoms with E-state index in [9.17, 15) is 23.1 Å². The Bertz CT molecular complexity index is 1490. The van der Waals surface area contributed by atoms with Crippen molar-refractivity contribution in [3.63, 3.8) is 0 Å². The number of nitrogens with one attached hydrogen (secondary N) is 2. The zero-order chi connectivity index (χ0) is 29.9. The van der Waals surface area contributed by atoms with Gasteiger partial charge in [0.15, 0.2) is 11.5 Å². The maximum atomic E-state index is 13.7. The molecule has 41 heavy (non-hydrogen) atoms. The van der Waals surface area contributed by atoms with E-state index in [-0.39, 0.29) is 47.5 Å². The molecule has 3 aromatic rings. The highest BCUT2D eigenvalue weighted by Crippen LogP contribution is 2.36. The van der Waals surface area contributed by atoms with Crippen molar-refractivity contribution < 1.29 is 32.4 Å². The molecule has 2 heterocycles. The number of anilines is 2. The van der Waals surface area contributed by atoms with Gasteiger partial charge in [-0.3, -0.25) is 9.52 Å². The fourth-order valence-corrected chi connectivity index (χ4v) is 5.65. The number of carbonyl (C=O) groups is 2. The average molecular weight is 586 g/mol. The highest BCUT2D eigenvalue weighted by Gasteiger charge is 2.35. The number of urea groups is 1. The van der Waals surface area contributed by atoms with E-state index in [2.05, 4.69) is 15.2 Å². The lowest BCUT2D eigenvalue weighted by Crippen LogP contribution is -2.50. The number of aliphatic hydroxyl groups is 1. The van der Waals surface area contributed by atoms with Crippen LogP contribution in [-0.2, 0) is 10.0 Å². The number of hydrogen-bond acceptors (Lipinski definition) is 8. The van der Waals surface area contributed by atoms with Crippen LogP contribution in [0.1, 0.15) is 35.7 Å². The second-order valence-corrected chi connectivity index (χ2v) is 11.9. The molecule has 0 fully saturated rings. The molecular formula is C28H35N5O7S. The van der Waals surface area contributed by atoms with Gasteiger partial charge in [0.2, 0.25) is 0 Å². The van der Waals surface area contributed by atoms with Gasteiger partial charge >= 0.3 is 6.03 Å². The lowest BCUT2D eigenvalue weighted by molar-refractivity contribution is 0.0373. The van der Waals surface area contributed by atoms with Crippen LogP contribution in [0, 0.1) is 19.8 Å². The number of carbonyl (C=O) groups excluding carboxylic acids is 2. The molecule has 1 aromatic heterocycles. The fourth-order valence-electron chi connectivity index (χ4n) is 4.56. The van der Waals surface area contributed by atoms with Crippen molar-refractivity contribution >= 4 is 33.3 Å². The number of sulfonamides is 1. The summed E-state index contributed by atoms with van der Waals surface area (Å²) in [6, 6.07) is 11.5. The average Bonchev–Trinajstić information content (AvgIpc) is 3.27. The summed E-state index contributed by atoms with van der Waals surface area (Å²) < 4.78 is 40.5. The quantitative estimate of drug-likeness (QED) is 0.363. The molecule has 0 spiro atoms. The first-order chi connectivity index (χ1) is 19.4. The summed E-state index contributed by atoms with van der Waals surface area (Å²) in [5.74, 6) is -0.203. The van der Waals surface area contributed by atoms with Gasteiger partial charge in [0, 0.05) is 19.5 Å².